The number of anilines is 1. The average Bonchev–Trinajstić information content (AvgIpc) is 3.31. The second kappa shape index (κ2) is 10.4. The fourth-order valence-electron chi connectivity index (χ4n) is 7.57. The van der Waals surface area contributed by atoms with Gasteiger partial charge < -0.3 is 16.0 Å². The Balaban J connectivity index is 0.985. The van der Waals surface area contributed by atoms with Crippen LogP contribution in [0, 0.1) is 17.8 Å². The largest absolute Gasteiger partial charge is 0.366 e. The third kappa shape index (κ3) is 5.07. The molecule has 9 heteroatoms. The van der Waals surface area contributed by atoms with Crippen LogP contribution in [0.4, 0.5) is 10.6 Å². The Kier molecular flexibility index (Phi) is 6.71. The van der Waals surface area contributed by atoms with E-state index in [0.29, 0.717) is 23.8 Å². The lowest BCUT2D eigenvalue weighted by Gasteiger charge is -2.56. The van der Waals surface area contributed by atoms with E-state index in [2.05, 4.69) is 61.2 Å². The van der Waals surface area contributed by atoms with Crippen molar-refractivity contribution in [3.8, 4) is 11.3 Å². The van der Waals surface area contributed by atoms with E-state index in [1.807, 2.05) is 30.3 Å². The summed E-state index contributed by atoms with van der Waals surface area (Å²) in [4.78, 5) is 17.6. The van der Waals surface area contributed by atoms with E-state index in [0.717, 1.165) is 69.7 Å². The molecule has 2 aromatic carbocycles. The summed E-state index contributed by atoms with van der Waals surface area (Å²) in [6, 6.07) is 18.0. The number of nitrogens with zero attached hydrogens (tertiary/aromatic N) is 3. The Bertz CT molecular complexity index is 1530. The summed E-state index contributed by atoms with van der Waals surface area (Å²) in [5.74, 6) is 3.26. The van der Waals surface area contributed by atoms with Gasteiger partial charge in [0.2, 0.25) is 0 Å². The number of carbonyl (C=O) groups is 1. The van der Waals surface area contributed by atoms with Crippen molar-refractivity contribution in [1.29, 1.82) is 0 Å². The van der Waals surface area contributed by atoms with Crippen LogP contribution in [0.25, 0.3) is 16.9 Å². The molecule has 206 valence electrons. The Morgan fingerprint density at radius 2 is 1.62 bits per heavy atom. The SMILES string of the molecule is O=C(NCc1ccc(CNc2cc(-c3ccccc3Cl)nc3c(Br)cnn23)cc1)NC12CC3CC(CC(C3)C1)C2. The van der Waals surface area contributed by atoms with Crippen molar-refractivity contribution in [3.63, 3.8) is 0 Å². The van der Waals surface area contributed by atoms with Crippen LogP contribution in [-0.2, 0) is 13.1 Å². The number of rotatable bonds is 7. The minimum Gasteiger partial charge on any atom is -0.366 e. The van der Waals surface area contributed by atoms with Gasteiger partial charge in [-0.15, -0.1) is 0 Å². The molecule has 4 fully saturated rings. The lowest BCUT2D eigenvalue weighted by Crippen LogP contribution is -2.61. The van der Waals surface area contributed by atoms with Gasteiger partial charge in [0.05, 0.1) is 16.4 Å². The lowest BCUT2D eigenvalue weighted by atomic mass is 9.53. The lowest BCUT2D eigenvalue weighted by molar-refractivity contribution is -0.0135. The molecule has 4 saturated carbocycles. The molecule has 8 rings (SSSR count). The van der Waals surface area contributed by atoms with Crippen molar-refractivity contribution in [2.24, 2.45) is 17.8 Å². The number of benzene rings is 2. The second-order valence-corrected chi connectivity index (χ2v) is 13.2. The smallest absolute Gasteiger partial charge is 0.315 e. The molecule has 0 aliphatic heterocycles. The number of carbonyl (C=O) groups excluding carboxylic acids is 1. The van der Waals surface area contributed by atoms with Gasteiger partial charge in [0, 0.05) is 35.3 Å². The molecule has 0 unspecified atom stereocenters. The quantitative estimate of drug-likeness (QED) is 0.204. The van der Waals surface area contributed by atoms with Gasteiger partial charge in [-0.1, -0.05) is 54.1 Å². The van der Waals surface area contributed by atoms with Crippen molar-refractivity contribution in [1.82, 2.24) is 25.2 Å². The molecule has 7 nitrogen and oxygen atoms in total. The van der Waals surface area contributed by atoms with Crippen molar-refractivity contribution < 1.29 is 4.79 Å². The van der Waals surface area contributed by atoms with Crippen molar-refractivity contribution in [2.45, 2.75) is 57.2 Å². The maximum Gasteiger partial charge on any atom is 0.315 e. The molecule has 3 N–H and O–H groups in total. The molecule has 2 aromatic heterocycles. The van der Waals surface area contributed by atoms with Gasteiger partial charge in [0.1, 0.15) is 5.82 Å². The Morgan fingerprint density at radius 3 is 2.30 bits per heavy atom. The summed E-state index contributed by atoms with van der Waals surface area (Å²) in [7, 11) is 0. The molecule has 0 radical (unpaired) electrons. The first-order chi connectivity index (χ1) is 19.4. The summed E-state index contributed by atoms with van der Waals surface area (Å²) in [6.07, 6.45) is 9.34. The number of aromatic nitrogens is 3. The van der Waals surface area contributed by atoms with Crippen molar-refractivity contribution >= 4 is 45.0 Å². The van der Waals surface area contributed by atoms with Crippen LogP contribution < -0.4 is 16.0 Å². The van der Waals surface area contributed by atoms with Crippen LogP contribution in [0.15, 0.2) is 65.3 Å². The van der Waals surface area contributed by atoms with Crippen LogP contribution in [0.2, 0.25) is 5.02 Å². The Hall–Kier alpha value is -3.10. The number of urea groups is 1. The first-order valence-corrected chi connectivity index (χ1v) is 15.3. The molecular weight excluding hydrogens is 588 g/mol. The van der Waals surface area contributed by atoms with Crippen LogP contribution in [0.3, 0.4) is 0 Å². The summed E-state index contributed by atoms with van der Waals surface area (Å²) in [5.41, 5.74) is 4.59. The van der Waals surface area contributed by atoms with Gasteiger partial charge in [-0.05, 0) is 89.4 Å². The summed E-state index contributed by atoms with van der Waals surface area (Å²) < 4.78 is 2.60. The van der Waals surface area contributed by atoms with Gasteiger partial charge in [-0.25, -0.2) is 9.78 Å². The average molecular weight is 620 g/mol. The summed E-state index contributed by atoms with van der Waals surface area (Å²) in [5, 5.41) is 15.1. The van der Waals surface area contributed by atoms with Crippen LogP contribution in [0.1, 0.15) is 49.7 Å². The number of amides is 2. The molecule has 4 bridgehead atoms. The van der Waals surface area contributed by atoms with Gasteiger partial charge in [-0.2, -0.15) is 9.61 Å². The maximum atomic E-state index is 12.8. The number of hydrogen-bond acceptors (Lipinski definition) is 4. The highest BCUT2D eigenvalue weighted by Gasteiger charge is 2.51. The van der Waals surface area contributed by atoms with Crippen LogP contribution in [0.5, 0.6) is 0 Å². The minimum absolute atomic E-state index is 0.0304. The number of halogens is 2. The first kappa shape index (κ1) is 25.8. The molecule has 0 atom stereocenters. The molecule has 4 aliphatic carbocycles. The molecule has 2 heterocycles. The Labute approximate surface area is 247 Å². The zero-order chi connectivity index (χ0) is 27.3. The topological polar surface area (TPSA) is 83.3 Å². The minimum atomic E-state index is -0.0332. The van der Waals surface area contributed by atoms with E-state index >= 15 is 0 Å². The van der Waals surface area contributed by atoms with Crippen molar-refractivity contribution in [2.75, 3.05) is 5.32 Å². The first-order valence-electron chi connectivity index (χ1n) is 14.1. The maximum absolute atomic E-state index is 12.8. The highest BCUT2D eigenvalue weighted by Crippen LogP contribution is 2.55. The summed E-state index contributed by atoms with van der Waals surface area (Å²) >= 11 is 10.0. The zero-order valence-electron chi connectivity index (χ0n) is 22.2. The standard InChI is InChI=1S/C31H32BrClN6O/c32-25-18-36-39-28(12-27(37-29(25)39)24-3-1-2-4-26(24)33)34-16-19-5-7-20(8-6-19)17-35-30(40)38-31-13-21-9-22(14-31)11-23(10-21)15-31/h1-8,12,18,21-23,34H,9-11,13-17H2,(H2,35,38,40). The molecule has 4 aromatic rings. The van der Waals surface area contributed by atoms with Crippen LogP contribution >= 0.6 is 27.5 Å². The van der Waals surface area contributed by atoms with E-state index in [1.54, 1.807) is 10.7 Å². The monoisotopic (exact) mass is 618 g/mol. The van der Waals surface area contributed by atoms with E-state index < -0.39 is 0 Å². The fraction of sp³-hybridized carbons (Fsp3) is 0.387. The Morgan fingerprint density at radius 1 is 0.975 bits per heavy atom. The number of nitrogens with one attached hydrogen (secondary N) is 3. The fourth-order valence-corrected chi connectivity index (χ4v) is 8.15. The molecule has 2 amide bonds. The van der Waals surface area contributed by atoms with Crippen molar-refractivity contribution in [3.05, 3.63) is 81.4 Å². The van der Waals surface area contributed by atoms with E-state index in [1.165, 1.54) is 19.3 Å². The normalized spacial score (nSPS) is 24.8. The molecule has 4 aliphatic rings. The highest BCUT2D eigenvalue weighted by atomic mass is 79.9. The van der Waals surface area contributed by atoms with E-state index in [9.17, 15) is 4.79 Å². The zero-order valence-corrected chi connectivity index (χ0v) is 24.5. The predicted molar refractivity (Wildman–Crippen MR) is 161 cm³/mol. The highest BCUT2D eigenvalue weighted by molar-refractivity contribution is 9.10. The third-order valence-corrected chi connectivity index (χ3v) is 9.83. The van der Waals surface area contributed by atoms with E-state index in [-0.39, 0.29) is 11.6 Å². The van der Waals surface area contributed by atoms with Gasteiger partial charge >= 0.3 is 6.03 Å². The second-order valence-electron chi connectivity index (χ2n) is 11.9. The van der Waals surface area contributed by atoms with Gasteiger partial charge in [0.15, 0.2) is 5.65 Å². The molecular formula is C31H32BrClN6O. The predicted octanol–water partition coefficient (Wildman–Crippen LogP) is 7.19. The van der Waals surface area contributed by atoms with Gasteiger partial charge in [0.25, 0.3) is 0 Å². The molecule has 0 spiro atoms. The van der Waals surface area contributed by atoms with E-state index in [4.69, 9.17) is 16.6 Å². The number of hydrogen-bond donors (Lipinski definition) is 3. The third-order valence-electron chi connectivity index (χ3n) is 8.95. The van der Waals surface area contributed by atoms with Crippen LogP contribution in [-0.4, -0.2) is 26.2 Å². The molecule has 40 heavy (non-hydrogen) atoms. The number of fused-ring (bicyclic) bond motifs is 1. The summed E-state index contributed by atoms with van der Waals surface area (Å²) in [6.45, 7) is 1.12. The molecule has 0 saturated heterocycles. The van der Waals surface area contributed by atoms with Gasteiger partial charge in [-0.3, -0.25) is 0 Å².